The first-order valence-corrected chi connectivity index (χ1v) is 3.74. The van der Waals surface area contributed by atoms with Crippen LogP contribution in [0.1, 0.15) is 15.9 Å². The minimum absolute atomic E-state index is 0.400. The highest BCUT2D eigenvalue weighted by Gasteiger charge is 2.01. The minimum Gasteiger partial charge on any atom is -0.366 e. The molecule has 0 radical (unpaired) electrons. The molecule has 62 valence electrons. The number of rotatable bonds is 2. The minimum atomic E-state index is -0.486. The maximum absolute atomic E-state index is 10.8. The Morgan fingerprint density at radius 1 is 1.50 bits per heavy atom. The van der Waals surface area contributed by atoms with Crippen LogP contribution in [0.5, 0.6) is 0 Å². The fraction of sp³-hybridized carbons (Fsp3) is 0. The summed E-state index contributed by atoms with van der Waals surface area (Å²) in [7, 11) is 0. The van der Waals surface area contributed by atoms with Crippen LogP contribution in [0, 0.1) is 0 Å². The molecule has 0 saturated heterocycles. The highest BCUT2D eigenvalue weighted by atomic mass is 35.5. The van der Waals surface area contributed by atoms with Crippen LogP contribution < -0.4 is 5.73 Å². The molecule has 0 heterocycles. The lowest BCUT2D eigenvalue weighted by Gasteiger charge is -1.98. The van der Waals surface area contributed by atoms with Crippen LogP contribution in [0.25, 0.3) is 6.08 Å². The number of hydrogen-bond acceptors (Lipinski definition) is 1. The second-order valence-electron chi connectivity index (χ2n) is 2.34. The Morgan fingerprint density at radius 2 is 2.17 bits per heavy atom. The molecule has 0 aliphatic carbocycles. The van der Waals surface area contributed by atoms with E-state index in [9.17, 15) is 4.79 Å². The zero-order chi connectivity index (χ0) is 9.14. The summed E-state index contributed by atoms with van der Waals surface area (Å²) in [6.07, 6.45) is 1.61. The third-order valence-corrected chi connectivity index (χ3v) is 1.66. The monoisotopic (exact) mass is 181 g/mol. The van der Waals surface area contributed by atoms with E-state index < -0.39 is 5.91 Å². The van der Waals surface area contributed by atoms with Crippen molar-refractivity contribution < 1.29 is 4.79 Å². The smallest absolute Gasteiger partial charge is 0.248 e. The van der Waals surface area contributed by atoms with E-state index in [4.69, 9.17) is 17.3 Å². The lowest BCUT2D eigenvalue weighted by atomic mass is 10.1. The van der Waals surface area contributed by atoms with Crippen LogP contribution in [0.15, 0.2) is 24.8 Å². The van der Waals surface area contributed by atoms with E-state index >= 15 is 0 Å². The fourth-order valence-electron chi connectivity index (χ4n) is 0.872. The lowest BCUT2D eigenvalue weighted by Crippen LogP contribution is -2.10. The van der Waals surface area contributed by atoms with Crippen LogP contribution >= 0.6 is 11.6 Å². The van der Waals surface area contributed by atoms with E-state index in [1.54, 1.807) is 18.2 Å². The lowest BCUT2D eigenvalue weighted by molar-refractivity contribution is 0.100. The Morgan fingerprint density at radius 3 is 2.67 bits per heavy atom. The van der Waals surface area contributed by atoms with Crippen molar-refractivity contribution in [3.05, 3.63) is 40.9 Å². The van der Waals surface area contributed by atoms with Crippen molar-refractivity contribution in [1.29, 1.82) is 0 Å². The van der Waals surface area contributed by atoms with Crippen LogP contribution in [0.3, 0.4) is 0 Å². The highest BCUT2D eigenvalue weighted by Crippen LogP contribution is 2.15. The van der Waals surface area contributed by atoms with Gasteiger partial charge in [-0.15, -0.1) is 0 Å². The molecule has 2 nitrogen and oxygen atoms in total. The Kier molecular flexibility index (Phi) is 2.51. The van der Waals surface area contributed by atoms with E-state index in [2.05, 4.69) is 6.58 Å². The molecule has 12 heavy (non-hydrogen) atoms. The second-order valence-corrected chi connectivity index (χ2v) is 2.78. The molecule has 0 aromatic heterocycles. The largest absolute Gasteiger partial charge is 0.366 e. The van der Waals surface area contributed by atoms with Gasteiger partial charge in [0.1, 0.15) is 0 Å². The van der Waals surface area contributed by atoms with Crippen molar-refractivity contribution in [2.45, 2.75) is 0 Å². The number of carbonyl (C=O) groups excluding carboxylic acids is 1. The number of amides is 1. The first kappa shape index (κ1) is 8.81. The number of benzene rings is 1. The molecule has 0 atom stereocenters. The van der Waals surface area contributed by atoms with Gasteiger partial charge >= 0.3 is 0 Å². The molecule has 2 N–H and O–H groups in total. The predicted octanol–water partition coefficient (Wildman–Crippen LogP) is 2.08. The summed E-state index contributed by atoms with van der Waals surface area (Å²) >= 11 is 5.72. The van der Waals surface area contributed by atoms with E-state index in [1.807, 2.05) is 0 Å². The zero-order valence-electron chi connectivity index (χ0n) is 6.38. The van der Waals surface area contributed by atoms with Crippen molar-refractivity contribution in [3.8, 4) is 0 Å². The standard InChI is InChI=1S/C9H8ClNO/c1-2-6-3-7(9(11)12)5-8(10)4-6/h2-5H,1H2,(H2,11,12). The van der Waals surface area contributed by atoms with Gasteiger partial charge in [0.2, 0.25) is 5.91 Å². The van der Waals surface area contributed by atoms with E-state index in [1.165, 1.54) is 6.07 Å². The van der Waals surface area contributed by atoms with Gasteiger partial charge in [0.15, 0.2) is 0 Å². The van der Waals surface area contributed by atoms with Gasteiger partial charge in [-0.25, -0.2) is 0 Å². The number of primary amides is 1. The van der Waals surface area contributed by atoms with E-state index in [0.717, 1.165) is 5.56 Å². The maximum atomic E-state index is 10.8. The molecular formula is C9H8ClNO. The van der Waals surface area contributed by atoms with Crippen molar-refractivity contribution >= 4 is 23.6 Å². The molecule has 1 amide bonds. The molecule has 0 spiro atoms. The highest BCUT2D eigenvalue weighted by molar-refractivity contribution is 6.31. The average Bonchev–Trinajstić information content (AvgIpc) is 2.03. The molecule has 0 fully saturated rings. The molecule has 1 aromatic rings. The fourth-order valence-corrected chi connectivity index (χ4v) is 1.12. The van der Waals surface area contributed by atoms with Gasteiger partial charge in [-0.3, -0.25) is 4.79 Å². The summed E-state index contributed by atoms with van der Waals surface area (Å²) in [5, 5.41) is 0.487. The molecular weight excluding hydrogens is 174 g/mol. The average molecular weight is 182 g/mol. The van der Waals surface area contributed by atoms with E-state index in [0.29, 0.717) is 10.6 Å². The topological polar surface area (TPSA) is 43.1 Å². The van der Waals surface area contributed by atoms with Gasteiger partial charge < -0.3 is 5.73 Å². The number of carbonyl (C=O) groups is 1. The van der Waals surface area contributed by atoms with Gasteiger partial charge in [-0.2, -0.15) is 0 Å². The van der Waals surface area contributed by atoms with Gasteiger partial charge in [-0.1, -0.05) is 24.3 Å². The van der Waals surface area contributed by atoms with Crippen LogP contribution in [0.2, 0.25) is 5.02 Å². The Labute approximate surface area is 75.6 Å². The SMILES string of the molecule is C=Cc1cc(Cl)cc(C(N)=O)c1. The summed E-state index contributed by atoms with van der Waals surface area (Å²) in [6, 6.07) is 4.87. The van der Waals surface area contributed by atoms with Crippen LogP contribution in [0.4, 0.5) is 0 Å². The van der Waals surface area contributed by atoms with Gasteiger partial charge in [-0.05, 0) is 23.8 Å². The summed E-state index contributed by atoms with van der Waals surface area (Å²) < 4.78 is 0. The number of nitrogens with two attached hydrogens (primary N) is 1. The molecule has 1 aromatic carbocycles. The summed E-state index contributed by atoms with van der Waals surface area (Å²) in [5.74, 6) is -0.486. The van der Waals surface area contributed by atoms with Crippen molar-refractivity contribution in [2.24, 2.45) is 5.73 Å². The first-order chi connectivity index (χ1) is 5.63. The number of halogens is 1. The van der Waals surface area contributed by atoms with Crippen LogP contribution in [-0.4, -0.2) is 5.91 Å². The van der Waals surface area contributed by atoms with Gasteiger partial charge in [0.05, 0.1) is 0 Å². The third kappa shape index (κ3) is 1.86. The molecule has 0 aliphatic heterocycles. The molecule has 0 unspecified atom stereocenters. The quantitative estimate of drug-likeness (QED) is 0.746. The molecule has 0 aliphatic rings. The van der Waals surface area contributed by atoms with Crippen molar-refractivity contribution in [3.63, 3.8) is 0 Å². The van der Waals surface area contributed by atoms with Crippen LogP contribution in [-0.2, 0) is 0 Å². The van der Waals surface area contributed by atoms with Gasteiger partial charge in [0.25, 0.3) is 0 Å². The Hall–Kier alpha value is -1.28. The zero-order valence-corrected chi connectivity index (χ0v) is 7.14. The molecule has 0 saturated carbocycles. The Balaban J connectivity index is 3.23. The molecule has 0 bridgehead atoms. The van der Waals surface area contributed by atoms with E-state index in [-0.39, 0.29) is 0 Å². The maximum Gasteiger partial charge on any atom is 0.248 e. The van der Waals surface area contributed by atoms with Crippen molar-refractivity contribution in [1.82, 2.24) is 0 Å². The summed E-state index contributed by atoms with van der Waals surface area (Å²) in [5.41, 5.74) is 6.26. The van der Waals surface area contributed by atoms with Crippen molar-refractivity contribution in [2.75, 3.05) is 0 Å². The van der Waals surface area contributed by atoms with Gasteiger partial charge in [0, 0.05) is 10.6 Å². The second kappa shape index (κ2) is 3.41. The first-order valence-electron chi connectivity index (χ1n) is 3.36. The predicted molar refractivity (Wildman–Crippen MR) is 50.1 cm³/mol. The number of hydrogen-bond donors (Lipinski definition) is 1. The molecule has 1 rings (SSSR count). The summed E-state index contributed by atoms with van der Waals surface area (Å²) in [4.78, 5) is 10.8. The summed E-state index contributed by atoms with van der Waals surface area (Å²) in [6.45, 7) is 3.56. The normalized spacial score (nSPS) is 9.42. The molecule has 3 heteroatoms. The Bertz CT molecular complexity index is 333. The third-order valence-electron chi connectivity index (χ3n) is 1.44.